The second kappa shape index (κ2) is 7.61. The van der Waals surface area contributed by atoms with Gasteiger partial charge in [0.25, 0.3) is 5.91 Å². The number of esters is 1. The molecule has 1 amide bonds. The van der Waals surface area contributed by atoms with Crippen LogP contribution in [0, 0.1) is 13.8 Å². The first-order valence-corrected chi connectivity index (χ1v) is 8.36. The predicted molar refractivity (Wildman–Crippen MR) is 93.0 cm³/mol. The lowest BCUT2D eigenvalue weighted by Crippen LogP contribution is -2.30. The third-order valence-electron chi connectivity index (χ3n) is 3.51. The summed E-state index contributed by atoms with van der Waals surface area (Å²) in [4.78, 5) is 24.5. The molecule has 0 spiro atoms. The van der Waals surface area contributed by atoms with Crippen LogP contribution in [0.15, 0.2) is 27.2 Å². The Morgan fingerprint density at radius 2 is 2.08 bits per heavy atom. The van der Waals surface area contributed by atoms with Gasteiger partial charge in [-0.05, 0) is 60.8 Å². The highest BCUT2D eigenvalue weighted by Crippen LogP contribution is 2.24. The SMILES string of the molecule is CCc1noc(C)c1C(=O)O[C@H](C)C(=O)Nc1ccc(C)cc1Br. The number of rotatable bonds is 5. The zero-order valence-corrected chi connectivity index (χ0v) is 15.6. The van der Waals surface area contributed by atoms with Crippen molar-refractivity contribution >= 4 is 33.5 Å². The molecule has 1 heterocycles. The molecule has 1 aromatic heterocycles. The molecular formula is C17H19BrN2O4. The zero-order valence-electron chi connectivity index (χ0n) is 14.0. The van der Waals surface area contributed by atoms with Crippen LogP contribution < -0.4 is 5.32 Å². The van der Waals surface area contributed by atoms with E-state index in [0.29, 0.717) is 23.6 Å². The number of ether oxygens (including phenoxy) is 1. The van der Waals surface area contributed by atoms with Crippen LogP contribution in [-0.4, -0.2) is 23.1 Å². The number of halogens is 1. The molecule has 0 saturated heterocycles. The molecule has 0 bridgehead atoms. The van der Waals surface area contributed by atoms with Crippen LogP contribution in [0.2, 0.25) is 0 Å². The minimum absolute atomic E-state index is 0.286. The molecule has 0 unspecified atom stereocenters. The van der Waals surface area contributed by atoms with E-state index in [-0.39, 0.29) is 5.56 Å². The molecule has 2 aromatic rings. The number of nitrogens with one attached hydrogen (secondary N) is 1. The first kappa shape index (κ1) is 18.2. The number of carbonyl (C=O) groups excluding carboxylic acids is 2. The van der Waals surface area contributed by atoms with E-state index in [1.807, 2.05) is 26.0 Å². The fourth-order valence-corrected chi connectivity index (χ4v) is 2.74. The van der Waals surface area contributed by atoms with Gasteiger partial charge in [-0.25, -0.2) is 4.79 Å². The maximum Gasteiger partial charge on any atom is 0.344 e. The maximum atomic E-state index is 12.3. The normalized spacial score (nSPS) is 11.9. The fourth-order valence-electron chi connectivity index (χ4n) is 2.15. The van der Waals surface area contributed by atoms with Gasteiger partial charge in [-0.3, -0.25) is 4.79 Å². The summed E-state index contributed by atoms with van der Waals surface area (Å²) in [5.74, 6) is -0.651. The molecule has 0 aliphatic carbocycles. The van der Waals surface area contributed by atoms with Gasteiger partial charge in [0.1, 0.15) is 11.3 Å². The minimum Gasteiger partial charge on any atom is -0.449 e. The molecule has 0 aliphatic heterocycles. The number of hydrogen-bond donors (Lipinski definition) is 1. The van der Waals surface area contributed by atoms with Gasteiger partial charge >= 0.3 is 5.97 Å². The second-order valence-electron chi connectivity index (χ2n) is 5.43. The number of aryl methyl sites for hydroxylation is 3. The van der Waals surface area contributed by atoms with E-state index in [1.54, 1.807) is 13.0 Å². The van der Waals surface area contributed by atoms with Crippen LogP contribution in [0.1, 0.15) is 41.2 Å². The Hall–Kier alpha value is -2.15. The molecule has 128 valence electrons. The van der Waals surface area contributed by atoms with Crippen LogP contribution in [0.4, 0.5) is 5.69 Å². The summed E-state index contributed by atoms with van der Waals surface area (Å²) in [5, 5.41) is 6.54. The maximum absolute atomic E-state index is 12.3. The molecule has 6 nitrogen and oxygen atoms in total. The Bertz CT molecular complexity index is 770. The van der Waals surface area contributed by atoms with Crippen LogP contribution >= 0.6 is 15.9 Å². The highest BCUT2D eigenvalue weighted by atomic mass is 79.9. The fraction of sp³-hybridized carbons (Fsp3) is 0.353. The summed E-state index contributed by atoms with van der Waals surface area (Å²) < 4.78 is 11.0. The van der Waals surface area contributed by atoms with Crippen molar-refractivity contribution in [2.45, 2.75) is 40.2 Å². The monoisotopic (exact) mass is 394 g/mol. The zero-order chi connectivity index (χ0) is 17.9. The van der Waals surface area contributed by atoms with Crippen LogP contribution in [-0.2, 0) is 16.0 Å². The Morgan fingerprint density at radius 1 is 1.38 bits per heavy atom. The topological polar surface area (TPSA) is 81.4 Å². The lowest BCUT2D eigenvalue weighted by atomic mass is 10.1. The summed E-state index contributed by atoms with van der Waals surface area (Å²) in [6, 6.07) is 5.55. The Kier molecular flexibility index (Phi) is 5.77. The Labute approximate surface area is 148 Å². The van der Waals surface area contributed by atoms with E-state index in [2.05, 4.69) is 26.4 Å². The van der Waals surface area contributed by atoms with E-state index in [0.717, 1.165) is 10.0 Å². The average Bonchev–Trinajstić information content (AvgIpc) is 2.90. The summed E-state index contributed by atoms with van der Waals surface area (Å²) >= 11 is 3.39. The Morgan fingerprint density at radius 3 is 2.71 bits per heavy atom. The Balaban J connectivity index is 2.06. The average molecular weight is 395 g/mol. The molecule has 0 aliphatic rings. The van der Waals surface area contributed by atoms with Crippen molar-refractivity contribution in [3.05, 3.63) is 45.3 Å². The van der Waals surface area contributed by atoms with E-state index in [9.17, 15) is 9.59 Å². The molecule has 24 heavy (non-hydrogen) atoms. The number of nitrogens with zero attached hydrogens (tertiary/aromatic N) is 1. The van der Waals surface area contributed by atoms with Crippen molar-refractivity contribution in [1.82, 2.24) is 5.16 Å². The van der Waals surface area contributed by atoms with Gasteiger partial charge in [-0.1, -0.05) is 18.1 Å². The third kappa shape index (κ3) is 4.03. The molecule has 1 N–H and O–H groups in total. The molecule has 1 aromatic carbocycles. The number of aromatic nitrogens is 1. The van der Waals surface area contributed by atoms with Crippen LogP contribution in [0.5, 0.6) is 0 Å². The van der Waals surface area contributed by atoms with Gasteiger partial charge in [0, 0.05) is 4.47 Å². The van der Waals surface area contributed by atoms with Crippen LogP contribution in [0.25, 0.3) is 0 Å². The van der Waals surface area contributed by atoms with Gasteiger partial charge in [0.05, 0.1) is 11.4 Å². The van der Waals surface area contributed by atoms with Gasteiger partial charge < -0.3 is 14.6 Å². The smallest absolute Gasteiger partial charge is 0.344 e. The van der Waals surface area contributed by atoms with E-state index in [4.69, 9.17) is 9.26 Å². The third-order valence-corrected chi connectivity index (χ3v) is 4.16. The van der Waals surface area contributed by atoms with E-state index >= 15 is 0 Å². The number of amides is 1. The predicted octanol–water partition coefficient (Wildman–Crippen LogP) is 3.80. The quantitative estimate of drug-likeness (QED) is 0.779. The van der Waals surface area contributed by atoms with Crippen molar-refractivity contribution < 1.29 is 18.8 Å². The highest BCUT2D eigenvalue weighted by molar-refractivity contribution is 9.10. The number of benzene rings is 1. The van der Waals surface area contributed by atoms with Crippen molar-refractivity contribution in [2.24, 2.45) is 0 Å². The minimum atomic E-state index is -0.954. The molecule has 0 radical (unpaired) electrons. The van der Waals surface area contributed by atoms with Crippen molar-refractivity contribution in [1.29, 1.82) is 0 Å². The van der Waals surface area contributed by atoms with Gasteiger partial charge in [0.2, 0.25) is 0 Å². The first-order valence-electron chi connectivity index (χ1n) is 7.56. The lowest BCUT2D eigenvalue weighted by Gasteiger charge is -2.14. The van der Waals surface area contributed by atoms with E-state index in [1.165, 1.54) is 6.92 Å². The highest BCUT2D eigenvalue weighted by Gasteiger charge is 2.25. The van der Waals surface area contributed by atoms with Gasteiger partial charge in [-0.15, -0.1) is 0 Å². The standard InChI is InChI=1S/C17H19BrN2O4/c1-5-13-15(10(3)24-20-13)17(22)23-11(4)16(21)19-14-7-6-9(2)8-12(14)18/h6-8,11H,5H2,1-4H3,(H,19,21)/t11-/m1/s1. The van der Waals surface area contributed by atoms with Crippen LogP contribution in [0.3, 0.4) is 0 Å². The summed E-state index contributed by atoms with van der Waals surface area (Å²) in [7, 11) is 0. The molecule has 0 saturated carbocycles. The van der Waals surface area contributed by atoms with Crippen molar-refractivity contribution in [3.8, 4) is 0 Å². The van der Waals surface area contributed by atoms with Crippen molar-refractivity contribution in [3.63, 3.8) is 0 Å². The molecule has 7 heteroatoms. The first-order chi connectivity index (χ1) is 11.3. The number of hydrogen-bond acceptors (Lipinski definition) is 5. The summed E-state index contributed by atoms with van der Waals surface area (Å²) in [6.07, 6.45) is -0.414. The molecule has 1 atom stereocenters. The number of carbonyl (C=O) groups is 2. The van der Waals surface area contributed by atoms with E-state index < -0.39 is 18.0 Å². The van der Waals surface area contributed by atoms with Gasteiger partial charge in [0.15, 0.2) is 6.10 Å². The molecule has 2 rings (SSSR count). The van der Waals surface area contributed by atoms with Crippen molar-refractivity contribution in [2.75, 3.05) is 5.32 Å². The lowest BCUT2D eigenvalue weighted by molar-refractivity contribution is -0.123. The summed E-state index contributed by atoms with van der Waals surface area (Å²) in [5.41, 5.74) is 2.48. The molecule has 0 fully saturated rings. The largest absolute Gasteiger partial charge is 0.449 e. The molecular weight excluding hydrogens is 376 g/mol. The van der Waals surface area contributed by atoms with Gasteiger partial charge in [-0.2, -0.15) is 0 Å². The number of anilines is 1. The second-order valence-corrected chi connectivity index (χ2v) is 6.29. The summed E-state index contributed by atoms with van der Waals surface area (Å²) in [6.45, 7) is 6.97.